The molecule has 0 amide bonds. The number of nitrogens with one attached hydrogen (secondary N) is 1. The second-order valence-corrected chi connectivity index (χ2v) is 4.47. The van der Waals surface area contributed by atoms with Crippen molar-refractivity contribution in [3.05, 3.63) is 23.9 Å². The van der Waals surface area contributed by atoms with Gasteiger partial charge in [-0.2, -0.15) is 0 Å². The molecule has 0 spiro atoms. The van der Waals surface area contributed by atoms with Crippen LogP contribution in [0.5, 0.6) is 0 Å². The summed E-state index contributed by atoms with van der Waals surface area (Å²) in [4.78, 5) is 16.0. The average Bonchev–Trinajstić information content (AvgIpc) is 2.76. The number of hydrogen-bond acceptors (Lipinski definition) is 5. The molecule has 0 bridgehead atoms. The van der Waals surface area contributed by atoms with Crippen molar-refractivity contribution in [3.8, 4) is 0 Å². The highest BCUT2D eigenvalue weighted by Crippen LogP contribution is 2.22. The molecule has 0 radical (unpaired) electrons. The van der Waals surface area contributed by atoms with Gasteiger partial charge in [-0.25, -0.2) is 9.78 Å². The van der Waals surface area contributed by atoms with Gasteiger partial charge in [-0.3, -0.25) is 0 Å². The Hall–Kier alpha value is -1.62. The number of ether oxygens (including phenoxy) is 1. The van der Waals surface area contributed by atoms with Crippen LogP contribution in [0, 0.1) is 0 Å². The van der Waals surface area contributed by atoms with Crippen molar-refractivity contribution in [1.82, 2.24) is 4.98 Å². The molecule has 1 fully saturated rings. The van der Waals surface area contributed by atoms with Gasteiger partial charge in [0.15, 0.2) is 0 Å². The maximum Gasteiger partial charge on any atom is 0.341 e. The summed E-state index contributed by atoms with van der Waals surface area (Å²) in [5, 5.41) is 3.26. The molecule has 1 aromatic rings. The van der Waals surface area contributed by atoms with Gasteiger partial charge in [0.25, 0.3) is 0 Å². The number of nitrogens with zero attached hydrogens (tertiary/aromatic N) is 1. The molecule has 1 heterocycles. The predicted octanol–water partition coefficient (Wildman–Crippen LogP) is 1.55. The van der Waals surface area contributed by atoms with Crippen LogP contribution in [0.15, 0.2) is 18.3 Å². The van der Waals surface area contributed by atoms with E-state index in [1.54, 1.807) is 25.3 Å². The molecule has 1 aliphatic carbocycles. The van der Waals surface area contributed by atoms with E-state index < -0.39 is 0 Å². The lowest BCUT2D eigenvalue weighted by Gasteiger charge is -2.19. The SMILES string of the molecule is CCOC(=O)c1cccnc1NC1CCCC1N. The Bertz CT molecular complexity index is 422. The first-order valence-electron chi connectivity index (χ1n) is 6.36. The Morgan fingerprint density at radius 2 is 2.44 bits per heavy atom. The number of pyridine rings is 1. The van der Waals surface area contributed by atoms with Crippen LogP contribution in [0.4, 0.5) is 5.82 Å². The quantitative estimate of drug-likeness (QED) is 0.792. The topological polar surface area (TPSA) is 77.2 Å². The summed E-state index contributed by atoms with van der Waals surface area (Å²) in [5.41, 5.74) is 6.48. The van der Waals surface area contributed by atoms with Crippen LogP contribution in [-0.4, -0.2) is 29.6 Å². The van der Waals surface area contributed by atoms with Gasteiger partial charge in [-0.1, -0.05) is 0 Å². The van der Waals surface area contributed by atoms with Crippen LogP contribution in [0.3, 0.4) is 0 Å². The van der Waals surface area contributed by atoms with E-state index in [4.69, 9.17) is 10.5 Å². The van der Waals surface area contributed by atoms with Gasteiger partial charge in [0.1, 0.15) is 11.4 Å². The molecule has 2 rings (SSSR count). The zero-order valence-electron chi connectivity index (χ0n) is 10.6. The Morgan fingerprint density at radius 1 is 1.61 bits per heavy atom. The van der Waals surface area contributed by atoms with E-state index in [1.807, 2.05) is 0 Å². The monoisotopic (exact) mass is 249 g/mol. The molecule has 1 aromatic heterocycles. The van der Waals surface area contributed by atoms with E-state index in [0.717, 1.165) is 19.3 Å². The Balaban J connectivity index is 2.14. The molecule has 5 nitrogen and oxygen atoms in total. The minimum Gasteiger partial charge on any atom is -0.462 e. The van der Waals surface area contributed by atoms with E-state index in [0.29, 0.717) is 18.0 Å². The van der Waals surface area contributed by atoms with Crippen LogP contribution >= 0.6 is 0 Å². The Labute approximate surface area is 107 Å². The van der Waals surface area contributed by atoms with E-state index >= 15 is 0 Å². The molecule has 1 aliphatic rings. The van der Waals surface area contributed by atoms with Crippen molar-refractivity contribution in [2.75, 3.05) is 11.9 Å². The molecule has 0 aromatic carbocycles. The number of aromatic nitrogens is 1. The van der Waals surface area contributed by atoms with Crippen molar-refractivity contribution in [2.24, 2.45) is 5.73 Å². The molecule has 5 heteroatoms. The summed E-state index contributed by atoms with van der Waals surface area (Å²) in [7, 11) is 0. The zero-order chi connectivity index (χ0) is 13.0. The van der Waals surface area contributed by atoms with Crippen molar-refractivity contribution in [3.63, 3.8) is 0 Å². The predicted molar refractivity (Wildman–Crippen MR) is 69.4 cm³/mol. The molecule has 2 unspecified atom stereocenters. The number of carbonyl (C=O) groups is 1. The summed E-state index contributed by atoms with van der Waals surface area (Å²) >= 11 is 0. The number of nitrogens with two attached hydrogens (primary N) is 1. The van der Waals surface area contributed by atoms with Gasteiger partial charge in [0, 0.05) is 18.3 Å². The number of rotatable bonds is 4. The lowest BCUT2D eigenvalue weighted by atomic mass is 10.1. The third kappa shape index (κ3) is 2.79. The molecule has 0 saturated heterocycles. The smallest absolute Gasteiger partial charge is 0.341 e. The molecule has 3 N–H and O–H groups in total. The number of carbonyl (C=O) groups excluding carboxylic acids is 1. The van der Waals surface area contributed by atoms with Crippen molar-refractivity contribution in [2.45, 2.75) is 38.3 Å². The van der Waals surface area contributed by atoms with E-state index in [-0.39, 0.29) is 18.1 Å². The molecular weight excluding hydrogens is 230 g/mol. The molecule has 1 saturated carbocycles. The summed E-state index contributed by atoms with van der Waals surface area (Å²) in [6, 6.07) is 3.76. The van der Waals surface area contributed by atoms with Crippen LogP contribution in [0.2, 0.25) is 0 Å². The minimum absolute atomic E-state index is 0.127. The summed E-state index contributed by atoms with van der Waals surface area (Å²) in [6.45, 7) is 2.14. The molecule has 18 heavy (non-hydrogen) atoms. The fourth-order valence-electron chi connectivity index (χ4n) is 2.24. The maximum absolute atomic E-state index is 11.8. The summed E-state index contributed by atoms with van der Waals surface area (Å²) in [5.74, 6) is 0.220. The maximum atomic E-state index is 11.8. The number of anilines is 1. The van der Waals surface area contributed by atoms with Crippen LogP contribution in [0.1, 0.15) is 36.5 Å². The van der Waals surface area contributed by atoms with Gasteiger partial charge in [0.05, 0.1) is 6.61 Å². The van der Waals surface area contributed by atoms with Gasteiger partial charge < -0.3 is 15.8 Å². The van der Waals surface area contributed by atoms with Gasteiger partial charge in [-0.05, 0) is 38.3 Å². The molecular formula is C13H19N3O2. The van der Waals surface area contributed by atoms with Gasteiger partial charge in [0.2, 0.25) is 0 Å². The third-order valence-corrected chi connectivity index (χ3v) is 3.19. The third-order valence-electron chi connectivity index (χ3n) is 3.19. The minimum atomic E-state index is -0.348. The first-order valence-corrected chi connectivity index (χ1v) is 6.36. The van der Waals surface area contributed by atoms with E-state index in [9.17, 15) is 4.79 Å². The fourth-order valence-corrected chi connectivity index (χ4v) is 2.24. The Kier molecular flexibility index (Phi) is 4.15. The molecule has 0 aliphatic heterocycles. The Morgan fingerprint density at radius 3 is 3.11 bits per heavy atom. The highest BCUT2D eigenvalue weighted by atomic mass is 16.5. The van der Waals surface area contributed by atoms with Crippen molar-refractivity contribution >= 4 is 11.8 Å². The van der Waals surface area contributed by atoms with E-state index in [1.165, 1.54) is 0 Å². The van der Waals surface area contributed by atoms with Crippen molar-refractivity contribution < 1.29 is 9.53 Å². The van der Waals surface area contributed by atoms with Crippen LogP contribution in [-0.2, 0) is 4.74 Å². The molecule has 98 valence electrons. The summed E-state index contributed by atoms with van der Waals surface area (Å²) in [6.07, 6.45) is 4.80. The van der Waals surface area contributed by atoms with Gasteiger partial charge in [-0.15, -0.1) is 0 Å². The zero-order valence-corrected chi connectivity index (χ0v) is 10.6. The lowest BCUT2D eigenvalue weighted by Crippen LogP contribution is -2.36. The number of esters is 1. The normalized spacial score (nSPS) is 22.8. The second kappa shape index (κ2) is 5.82. The van der Waals surface area contributed by atoms with E-state index in [2.05, 4.69) is 10.3 Å². The van der Waals surface area contributed by atoms with Crippen molar-refractivity contribution in [1.29, 1.82) is 0 Å². The number of hydrogen-bond donors (Lipinski definition) is 2. The van der Waals surface area contributed by atoms with Gasteiger partial charge >= 0.3 is 5.97 Å². The van der Waals surface area contributed by atoms with Crippen LogP contribution < -0.4 is 11.1 Å². The summed E-state index contributed by atoms with van der Waals surface area (Å²) < 4.78 is 5.01. The lowest BCUT2D eigenvalue weighted by molar-refractivity contribution is 0.0527. The second-order valence-electron chi connectivity index (χ2n) is 4.47. The standard InChI is InChI=1S/C13H19N3O2/c1-2-18-13(17)9-5-4-8-15-12(9)16-11-7-3-6-10(11)14/h4-5,8,10-11H,2-3,6-7,14H2,1H3,(H,15,16). The molecule has 2 atom stereocenters. The highest BCUT2D eigenvalue weighted by Gasteiger charge is 2.25. The fraction of sp³-hybridized carbons (Fsp3) is 0.538. The van der Waals surface area contributed by atoms with Crippen LogP contribution in [0.25, 0.3) is 0 Å². The highest BCUT2D eigenvalue weighted by molar-refractivity contribution is 5.94. The first-order chi connectivity index (χ1) is 8.72. The largest absolute Gasteiger partial charge is 0.462 e. The first kappa shape index (κ1) is 12.8. The average molecular weight is 249 g/mol.